The summed E-state index contributed by atoms with van der Waals surface area (Å²) in [6.45, 7) is 0.620. The Balaban J connectivity index is 2.14. The SMILES string of the molecule is COc1ccccc1CN(CCO)C(=O)C1(N)CC1. The summed E-state index contributed by atoms with van der Waals surface area (Å²) in [7, 11) is 1.60. The molecule has 1 aromatic carbocycles. The van der Waals surface area contributed by atoms with Crippen LogP contribution in [0.25, 0.3) is 0 Å². The van der Waals surface area contributed by atoms with Crippen molar-refractivity contribution in [2.45, 2.75) is 24.9 Å². The molecule has 5 nitrogen and oxygen atoms in total. The fourth-order valence-electron chi connectivity index (χ4n) is 2.08. The number of carbonyl (C=O) groups is 1. The normalized spacial score (nSPS) is 15.9. The van der Waals surface area contributed by atoms with Crippen molar-refractivity contribution < 1.29 is 14.6 Å². The number of rotatable bonds is 6. The van der Waals surface area contributed by atoms with Gasteiger partial charge in [0.25, 0.3) is 0 Å². The number of hydrogen-bond acceptors (Lipinski definition) is 4. The predicted molar refractivity (Wildman–Crippen MR) is 71.6 cm³/mol. The Hall–Kier alpha value is -1.59. The summed E-state index contributed by atoms with van der Waals surface area (Å²) >= 11 is 0. The molecule has 0 heterocycles. The average molecular weight is 264 g/mol. The Kier molecular flexibility index (Phi) is 4.07. The number of nitrogens with two attached hydrogens (primary N) is 1. The fourth-order valence-corrected chi connectivity index (χ4v) is 2.08. The summed E-state index contributed by atoms with van der Waals surface area (Å²) in [5, 5.41) is 9.11. The minimum Gasteiger partial charge on any atom is -0.496 e. The highest BCUT2D eigenvalue weighted by Gasteiger charge is 2.48. The first-order chi connectivity index (χ1) is 9.10. The van der Waals surface area contributed by atoms with Gasteiger partial charge < -0.3 is 20.5 Å². The monoisotopic (exact) mass is 264 g/mol. The number of nitrogens with zero attached hydrogens (tertiary/aromatic N) is 1. The number of hydrogen-bond donors (Lipinski definition) is 2. The van der Waals surface area contributed by atoms with Crippen molar-refractivity contribution in [3.05, 3.63) is 29.8 Å². The number of methoxy groups -OCH3 is 1. The van der Waals surface area contributed by atoms with Crippen molar-refractivity contribution in [1.29, 1.82) is 0 Å². The Bertz CT molecular complexity index is 458. The highest BCUT2D eigenvalue weighted by molar-refractivity contribution is 5.89. The highest BCUT2D eigenvalue weighted by atomic mass is 16.5. The summed E-state index contributed by atoms with van der Waals surface area (Å²) in [5.74, 6) is 0.646. The number of benzene rings is 1. The number of ether oxygens (including phenoxy) is 1. The lowest BCUT2D eigenvalue weighted by molar-refractivity contribution is -0.134. The fraction of sp³-hybridized carbons (Fsp3) is 0.500. The maximum absolute atomic E-state index is 12.3. The van der Waals surface area contributed by atoms with Gasteiger partial charge in [0, 0.05) is 18.7 Å². The van der Waals surface area contributed by atoms with Gasteiger partial charge in [-0.3, -0.25) is 4.79 Å². The Labute approximate surface area is 113 Å². The van der Waals surface area contributed by atoms with Crippen LogP contribution < -0.4 is 10.5 Å². The first-order valence-electron chi connectivity index (χ1n) is 6.42. The van der Waals surface area contributed by atoms with Crippen LogP contribution in [0.5, 0.6) is 5.75 Å². The van der Waals surface area contributed by atoms with E-state index in [1.165, 1.54) is 0 Å². The van der Waals surface area contributed by atoms with Gasteiger partial charge in [0.1, 0.15) is 5.75 Å². The molecule has 0 bridgehead atoms. The smallest absolute Gasteiger partial charge is 0.243 e. The molecule has 19 heavy (non-hydrogen) atoms. The molecule has 0 unspecified atom stereocenters. The van der Waals surface area contributed by atoms with Crippen molar-refractivity contribution in [2.24, 2.45) is 5.73 Å². The van der Waals surface area contributed by atoms with Gasteiger partial charge in [0.2, 0.25) is 5.91 Å². The molecule has 1 aliphatic carbocycles. The maximum atomic E-state index is 12.3. The number of aliphatic hydroxyl groups is 1. The van der Waals surface area contributed by atoms with Crippen LogP contribution in [0.3, 0.4) is 0 Å². The first kappa shape index (κ1) is 13.8. The third-order valence-corrected chi connectivity index (χ3v) is 3.43. The van der Waals surface area contributed by atoms with E-state index < -0.39 is 5.54 Å². The number of para-hydroxylation sites is 1. The number of carbonyl (C=O) groups excluding carboxylic acids is 1. The number of aliphatic hydroxyl groups excluding tert-OH is 1. The molecule has 1 amide bonds. The van der Waals surface area contributed by atoms with E-state index in [0.29, 0.717) is 6.54 Å². The Morgan fingerprint density at radius 1 is 1.47 bits per heavy atom. The van der Waals surface area contributed by atoms with Gasteiger partial charge in [0.15, 0.2) is 0 Å². The van der Waals surface area contributed by atoms with E-state index in [1.54, 1.807) is 12.0 Å². The third-order valence-electron chi connectivity index (χ3n) is 3.43. The number of amides is 1. The van der Waals surface area contributed by atoms with E-state index in [4.69, 9.17) is 15.6 Å². The first-order valence-corrected chi connectivity index (χ1v) is 6.42. The topological polar surface area (TPSA) is 75.8 Å². The summed E-state index contributed by atoms with van der Waals surface area (Å²) < 4.78 is 5.27. The summed E-state index contributed by atoms with van der Waals surface area (Å²) in [6, 6.07) is 7.54. The molecule has 0 aliphatic heterocycles. The molecule has 1 fully saturated rings. The maximum Gasteiger partial charge on any atom is 0.243 e. The summed E-state index contributed by atoms with van der Waals surface area (Å²) in [5.41, 5.74) is 6.14. The molecule has 1 saturated carbocycles. The summed E-state index contributed by atoms with van der Waals surface area (Å²) in [6.07, 6.45) is 1.44. The zero-order valence-electron chi connectivity index (χ0n) is 11.1. The molecule has 3 N–H and O–H groups in total. The van der Waals surface area contributed by atoms with E-state index in [-0.39, 0.29) is 19.1 Å². The van der Waals surface area contributed by atoms with Gasteiger partial charge in [-0.1, -0.05) is 18.2 Å². The Morgan fingerprint density at radius 3 is 2.74 bits per heavy atom. The minimum absolute atomic E-state index is 0.0725. The van der Waals surface area contributed by atoms with Crippen molar-refractivity contribution in [2.75, 3.05) is 20.3 Å². The zero-order chi connectivity index (χ0) is 13.9. The lowest BCUT2D eigenvalue weighted by Gasteiger charge is -2.25. The van der Waals surface area contributed by atoms with E-state index in [1.807, 2.05) is 24.3 Å². The van der Waals surface area contributed by atoms with Crippen LogP contribution in [0.4, 0.5) is 0 Å². The second-order valence-electron chi connectivity index (χ2n) is 4.92. The minimum atomic E-state index is -0.711. The largest absolute Gasteiger partial charge is 0.496 e. The molecule has 104 valence electrons. The van der Waals surface area contributed by atoms with Gasteiger partial charge in [-0.15, -0.1) is 0 Å². The molecule has 1 aromatic rings. The van der Waals surface area contributed by atoms with Gasteiger partial charge in [-0.25, -0.2) is 0 Å². The molecule has 1 aliphatic rings. The Morgan fingerprint density at radius 2 is 2.16 bits per heavy atom. The lowest BCUT2D eigenvalue weighted by Crippen LogP contribution is -2.46. The highest BCUT2D eigenvalue weighted by Crippen LogP contribution is 2.34. The van der Waals surface area contributed by atoms with Crippen molar-refractivity contribution >= 4 is 5.91 Å². The summed E-state index contributed by atoms with van der Waals surface area (Å²) in [4.78, 5) is 13.9. The second-order valence-corrected chi connectivity index (χ2v) is 4.92. The quantitative estimate of drug-likeness (QED) is 0.785. The van der Waals surface area contributed by atoms with Gasteiger partial charge >= 0.3 is 0 Å². The third kappa shape index (κ3) is 3.05. The van der Waals surface area contributed by atoms with Crippen LogP contribution in [-0.2, 0) is 11.3 Å². The van der Waals surface area contributed by atoms with Crippen LogP contribution in [-0.4, -0.2) is 41.7 Å². The van der Waals surface area contributed by atoms with E-state index >= 15 is 0 Å². The standard InChI is InChI=1S/C14H20N2O3/c1-19-12-5-3-2-4-11(12)10-16(8-9-17)13(18)14(15)6-7-14/h2-5,17H,6-10,15H2,1H3. The van der Waals surface area contributed by atoms with Crippen LogP contribution in [0.15, 0.2) is 24.3 Å². The van der Waals surface area contributed by atoms with E-state index in [0.717, 1.165) is 24.2 Å². The van der Waals surface area contributed by atoms with Gasteiger partial charge in [0.05, 0.1) is 19.3 Å². The molecule has 2 rings (SSSR count). The zero-order valence-corrected chi connectivity index (χ0v) is 11.1. The van der Waals surface area contributed by atoms with Gasteiger partial charge in [-0.05, 0) is 18.9 Å². The van der Waals surface area contributed by atoms with Crippen LogP contribution in [0.2, 0.25) is 0 Å². The molecular weight excluding hydrogens is 244 g/mol. The van der Waals surface area contributed by atoms with E-state index in [2.05, 4.69) is 0 Å². The lowest BCUT2D eigenvalue weighted by atomic mass is 10.1. The molecule has 5 heteroatoms. The van der Waals surface area contributed by atoms with Crippen LogP contribution in [0.1, 0.15) is 18.4 Å². The van der Waals surface area contributed by atoms with Crippen molar-refractivity contribution in [1.82, 2.24) is 4.90 Å². The second kappa shape index (κ2) is 5.59. The molecule has 0 spiro atoms. The van der Waals surface area contributed by atoms with Crippen LogP contribution >= 0.6 is 0 Å². The molecule has 0 radical (unpaired) electrons. The van der Waals surface area contributed by atoms with Crippen molar-refractivity contribution in [3.8, 4) is 5.75 Å². The molecular formula is C14H20N2O3. The van der Waals surface area contributed by atoms with Gasteiger partial charge in [-0.2, -0.15) is 0 Å². The average Bonchev–Trinajstić information content (AvgIpc) is 3.17. The molecule has 0 atom stereocenters. The van der Waals surface area contributed by atoms with E-state index in [9.17, 15) is 4.79 Å². The predicted octanol–water partition coefficient (Wildman–Crippen LogP) is 0.507. The molecule has 0 saturated heterocycles. The molecule has 0 aromatic heterocycles. The van der Waals surface area contributed by atoms with Crippen molar-refractivity contribution in [3.63, 3.8) is 0 Å². The van der Waals surface area contributed by atoms with Crippen LogP contribution in [0, 0.1) is 0 Å².